The number of aromatic amines is 1. The summed E-state index contributed by atoms with van der Waals surface area (Å²) >= 11 is 0. The van der Waals surface area contributed by atoms with Gasteiger partial charge in [0.2, 0.25) is 5.95 Å². The topological polar surface area (TPSA) is 80.7 Å². The molecule has 0 saturated carbocycles. The summed E-state index contributed by atoms with van der Waals surface area (Å²) in [5.74, 6) is 2.33. The van der Waals surface area contributed by atoms with Gasteiger partial charge in [0.1, 0.15) is 11.4 Å². The fourth-order valence-electron chi connectivity index (χ4n) is 3.65. The number of hydrogen-bond acceptors (Lipinski definition) is 5. The van der Waals surface area contributed by atoms with E-state index in [1.807, 2.05) is 54.7 Å². The van der Waals surface area contributed by atoms with Gasteiger partial charge in [0.15, 0.2) is 5.82 Å². The van der Waals surface area contributed by atoms with Crippen molar-refractivity contribution in [3.05, 3.63) is 90.3 Å². The van der Waals surface area contributed by atoms with Gasteiger partial charge in [-0.15, -0.1) is 10.2 Å². The summed E-state index contributed by atoms with van der Waals surface area (Å²) in [6.45, 7) is 1.26. The molecule has 0 amide bonds. The van der Waals surface area contributed by atoms with Gasteiger partial charge in [-0.2, -0.15) is 0 Å². The van der Waals surface area contributed by atoms with Gasteiger partial charge in [-0.3, -0.25) is 4.57 Å². The third-order valence-corrected chi connectivity index (χ3v) is 5.21. The predicted octanol–water partition coefficient (Wildman–Crippen LogP) is 4.49. The van der Waals surface area contributed by atoms with Crippen molar-refractivity contribution in [2.45, 2.75) is 13.1 Å². The number of pyridine rings is 1. The Morgan fingerprint density at radius 2 is 1.84 bits per heavy atom. The number of aromatic nitrogens is 5. The van der Waals surface area contributed by atoms with E-state index in [2.05, 4.69) is 48.2 Å². The van der Waals surface area contributed by atoms with Crippen molar-refractivity contribution < 1.29 is 4.74 Å². The van der Waals surface area contributed by atoms with Crippen LogP contribution in [-0.4, -0.2) is 31.8 Å². The average molecular weight is 410 g/mol. The number of nitrogens with one attached hydrogen (secondary N) is 2. The average Bonchev–Trinajstić information content (AvgIpc) is 3.42. The summed E-state index contributed by atoms with van der Waals surface area (Å²) in [6, 6.07) is 22.3. The number of ether oxygens (including phenoxy) is 1. The molecule has 154 valence electrons. The van der Waals surface area contributed by atoms with Crippen LogP contribution in [0.4, 0.5) is 5.95 Å². The van der Waals surface area contributed by atoms with Gasteiger partial charge in [0, 0.05) is 29.9 Å². The molecule has 0 aliphatic carbocycles. The number of methoxy groups -OCH3 is 1. The highest BCUT2D eigenvalue weighted by Crippen LogP contribution is 2.28. The number of fused-ring (bicyclic) bond motifs is 1. The van der Waals surface area contributed by atoms with Gasteiger partial charge in [-0.1, -0.05) is 42.5 Å². The largest absolute Gasteiger partial charge is 0.497 e. The van der Waals surface area contributed by atoms with Crippen LogP contribution < -0.4 is 10.1 Å². The third-order valence-electron chi connectivity index (χ3n) is 5.21. The molecular formula is C24H22N6O. The molecule has 3 heterocycles. The van der Waals surface area contributed by atoms with Crippen molar-refractivity contribution in [1.29, 1.82) is 0 Å². The monoisotopic (exact) mass is 410 g/mol. The van der Waals surface area contributed by atoms with E-state index in [1.165, 1.54) is 5.56 Å². The first kappa shape index (κ1) is 18.9. The SMILES string of the molecule is COc1cccc(CNc2nnc(-c3c[nH]c4ncccc34)n2Cc2ccccc2)c1. The van der Waals surface area contributed by atoms with Crippen molar-refractivity contribution in [1.82, 2.24) is 24.7 Å². The van der Waals surface area contributed by atoms with E-state index >= 15 is 0 Å². The first-order chi connectivity index (χ1) is 15.3. The van der Waals surface area contributed by atoms with Gasteiger partial charge in [0.05, 0.1) is 13.7 Å². The Morgan fingerprint density at radius 1 is 0.968 bits per heavy atom. The molecule has 0 unspecified atom stereocenters. The highest BCUT2D eigenvalue weighted by molar-refractivity contribution is 5.91. The maximum Gasteiger partial charge on any atom is 0.225 e. The molecule has 7 heteroatoms. The molecular weight excluding hydrogens is 388 g/mol. The Balaban J connectivity index is 1.51. The second-order valence-electron chi connectivity index (χ2n) is 7.23. The van der Waals surface area contributed by atoms with Gasteiger partial charge in [-0.05, 0) is 35.4 Å². The van der Waals surface area contributed by atoms with Crippen LogP contribution in [0.25, 0.3) is 22.4 Å². The van der Waals surface area contributed by atoms with Gasteiger partial charge in [-0.25, -0.2) is 4.98 Å². The van der Waals surface area contributed by atoms with Crippen LogP contribution in [-0.2, 0) is 13.1 Å². The lowest BCUT2D eigenvalue weighted by molar-refractivity contribution is 0.414. The maximum absolute atomic E-state index is 5.33. The van der Waals surface area contributed by atoms with Crippen molar-refractivity contribution in [2.24, 2.45) is 0 Å². The molecule has 0 fully saturated rings. The standard InChI is InChI=1S/C24H22N6O/c1-31-19-10-5-9-18(13-19)14-27-24-29-28-23(30(24)16-17-7-3-2-4-8-17)21-15-26-22-20(21)11-6-12-25-22/h2-13,15H,14,16H2,1H3,(H,25,26)(H,27,29). The maximum atomic E-state index is 5.33. The van der Waals surface area contributed by atoms with E-state index in [4.69, 9.17) is 4.74 Å². The van der Waals surface area contributed by atoms with E-state index < -0.39 is 0 Å². The summed E-state index contributed by atoms with van der Waals surface area (Å²) in [5.41, 5.74) is 4.08. The molecule has 31 heavy (non-hydrogen) atoms. The Morgan fingerprint density at radius 3 is 2.71 bits per heavy atom. The van der Waals surface area contributed by atoms with Gasteiger partial charge >= 0.3 is 0 Å². The van der Waals surface area contributed by atoms with E-state index in [-0.39, 0.29) is 0 Å². The number of rotatable bonds is 7. The molecule has 7 nitrogen and oxygen atoms in total. The summed E-state index contributed by atoms with van der Waals surface area (Å²) in [5, 5.41) is 13.5. The van der Waals surface area contributed by atoms with E-state index in [0.29, 0.717) is 19.0 Å². The van der Waals surface area contributed by atoms with Crippen LogP contribution in [0.1, 0.15) is 11.1 Å². The Hall–Kier alpha value is -4.13. The molecule has 0 atom stereocenters. The number of hydrogen-bond donors (Lipinski definition) is 2. The molecule has 2 N–H and O–H groups in total. The zero-order valence-corrected chi connectivity index (χ0v) is 17.1. The van der Waals surface area contributed by atoms with Crippen LogP contribution in [0, 0.1) is 0 Å². The number of benzene rings is 2. The van der Waals surface area contributed by atoms with Crippen molar-refractivity contribution in [3.8, 4) is 17.1 Å². The lowest BCUT2D eigenvalue weighted by atomic mass is 10.2. The number of nitrogens with zero attached hydrogens (tertiary/aromatic N) is 4. The zero-order valence-electron chi connectivity index (χ0n) is 17.1. The first-order valence-corrected chi connectivity index (χ1v) is 10.1. The molecule has 0 bridgehead atoms. The second-order valence-corrected chi connectivity index (χ2v) is 7.23. The summed E-state index contributed by atoms with van der Waals surface area (Å²) < 4.78 is 7.44. The van der Waals surface area contributed by atoms with Crippen LogP contribution >= 0.6 is 0 Å². The highest BCUT2D eigenvalue weighted by Gasteiger charge is 2.17. The third kappa shape index (κ3) is 3.85. The van der Waals surface area contributed by atoms with E-state index in [9.17, 15) is 0 Å². The van der Waals surface area contributed by atoms with Crippen LogP contribution in [0.2, 0.25) is 0 Å². The first-order valence-electron chi connectivity index (χ1n) is 10.1. The zero-order chi connectivity index (χ0) is 21.0. The van der Waals surface area contributed by atoms with Crippen molar-refractivity contribution >= 4 is 17.0 Å². The van der Waals surface area contributed by atoms with Crippen molar-refractivity contribution in [2.75, 3.05) is 12.4 Å². The lowest BCUT2D eigenvalue weighted by Crippen LogP contribution is -2.09. The smallest absolute Gasteiger partial charge is 0.225 e. The highest BCUT2D eigenvalue weighted by atomic mass is 16.5. The predicted molar refractivity (Wildman–Crippen MR) is 121 cm³/mol. The fraction of sp³-hybridized carbons (Fsp3) is 0.125. The summed E-state index contributed by atoms with van der Waals surface area (Å²) in [4.78, 5) is 7.63. The summed E-state index contributed by atoms with van der Waals surface area (Å²) in [7, 11) is 1.67. The lowest BCUT2D eigenvalue weighted by Gasteiger charge is -2.12. The molecule has 0 saturated heterocycles. The Kier molecular flexibility index (Phi) is 5.06. The quantitative estimate of drug-likeness (QED) is 0.413. The Labute approximate surface area is 179 Å². The van der Waals surface area contributed by atoms with Crippen LogP contribution in [0.15, 0.2) is 79.1 Å². The molecule has 3 aromatic heterocycles. The number of anilines is 1. The van der Waals surface area contributed by atoms with Gasteiger partial charge in [0.25, 0.3) is 0 Å². The summed E-state index contributed by atoms with van der Waals surface area (Å²) in [6.07, 6.45) is 3.72. The fourth-order valence-corrected chi connectivity index (χ4v) is 3.65. The molecule has 5 aromatic rings. The van der Waals surface area contributed by atoms with Crippen LogP contribution in [0.5, 0.6) is 5.75 Å². The van der Waals surface area contributed by atoms with Gasteiger partial charge < -0.3 is 15.0 Å². The molecule has 0 spiro atoms. The molecule has 0 aliphatic heterocycles. The van der Waals surface area contributed by atoms with E-state index in [1.54, 1.807) is 13.3 Å². The Bertz CT molecular complexity index is 1310. The number of H-pyrrole nitrogens is 1. The van der Waals surface area contributed by atoms with Crippen LogP contribution in [0.3, 0.4) is 0 Å². The van der Waals surface area contributed by atoms with Crippen molar-refractivity contribution in [3.63, 3.8) is 0 Å². The molecule has 0 aliphatic rings. The minimum absolute atomic E-state index is 0.611. The molecule has 2 aromatic carbocycles. The van der Waals surface area contributed by atoms with E-state index in [0.717, 1.165) is 33.7 Å². The normalized spacial score (nSPS) is 11.0. The minimum Gasteiger partial charge on any atom is -0.497 e. The molecule has 0 radical (unpaired) electrons. The molecule has 5 rings (SSSR count). The minimum atomic E-state index is 0.611. The second kappa shape index (κ2) is 8.31.